The second-order valence-corrected chi connectivity index (χ2v) is 4.53. The summed E-state index contributed by atoms with van der Waals surface area (Å²) >= 11 is 0. The highest BCUT2D eigenvalue weighted by atomic mass is 16.5. The van der Waals surface area contributed by atoms with Crippen molar-refractivity contribution in [2.75, 3.05) is 25.6 Å². The topological polar surface area (TPSA) is 57.7 Å². The first-order valence-electron chi connectivity index (χ1n) is 6.67. The van der Waals surface area contributed by atoms with Crippen LogP contribution in [0.3, 0.4) is 0 Å². The normalized spacial score (nSPS) is 11.3. The third-order valence-corrected chi connectivity index (χ3v) is 2.82. The maximum Gasteiger partial charge on any atom is 0.328 e. The molecule has 0 N–H and O–H groups in total. The number of hydrogen-bond acceptors (Lipinski definition) is 4. The Hall–Kier alpha value is -3.05. The summed E-state index contributed by atoms with van der Waals surface area (Å²) in [5.41, 5.74) is 1.60. The number of anilines is 1. The fraction of sp³-hybridized carbons (Fsp3) is 0.235. The van der Waals surface area contributed by atoms with Crippen molar-refractivity contribution in [2.24, 2.45) is 0 Å². The Bertz CT molecular complexity index is 655. The van der Waals surface area contributed by atoms with Crippen LogP contribution in [-0.2, 0) is 9.53 Å². The number of carbonyl (C=O) groups excluding carboxylic acids is 1. The monoisotopic (exact) mass is 295 g/mol. The number of hydrogen-bond donors (Lipinski definition) is 0. The van der Waals surface area contributed by atoms with E-state index in [1.807, 2.05) is 43.3 Å². The van der Waals surface area contributed by atoms with Crippen molar-refractivity contribution in [3.05, 3.63) is 58.6 Å². The van der Waals surface area contributed by atoms with Gasteiger partial charge < -0.3 is 9.64 Å². The average molecular weight is 295 g/mol. The first kappa shape index (κ1) is 17.0. The molecule has 1 aromatic rings. The number of ether oxygens (including phenoxy) is 1. The van der Waals surface area contributed by atoms with E-state index < -0.39 is 5.97 Å². The Kier molecular flexibility index (Phi) is 6.40. The zero-order chi connectivity index (χ0) is 16.5. The van der Waals surface area contributed by atoms with Gasteiger partial charge in [-0.15, -0.1) is 0 Å². The van der Waals surface area contributed by atoms with Gasteiger partial charge >= 0.3 is 5.97 Å². The summed E-state index contributed by atoms with van der Waals surface area (Å²) in [5.74, 6) is -0.670. The second-order valence-electron chi connectivity index (χ2n) is 4.53. The van der Waals surface area contributed by atoms with E-state index >= 15 is 0 Å². The summed E-state index contributed by atoms with van der Waals surface area (Å²) in [6.07, 6.45) is 3.12. The zero-order valence-corrected chi connectivity index (χ0v) is 12.8. The summed E-state index contributed by atoms with van der Waals surface area (Å²) in [4.78, 5) is 16.9. The molecule has 1 aromatic carbocycles. The zero-order valence-electron chi connectivity index (χ0n) is 12.8. The Morgan fingerprint density at radius 1 is 1.41 bits per heavy atom. The third-order valence-electron chi connectivity index (χ3n) is 2.82. The molecular weight excluding hydrogens is 278 g/mol. The maximum absolute atomic E-state index is 11.8. The smallest absolute Gasteiger partial charge is 0.328 e. The molecule has 0 radical (unpaired) electrons. The molecule has 0 fully saturated rings. The average Bonchev–Trinajstić information content (AvgIpc) is 2.52. The molecule has 0 amide bonds. The fourth-order valence-corrected chi connectivity index (χ4v) is 1.66. The van der Waals surface area contributed by atoms with Gasteiger partial charge in [0.15, 0.2) is 0 Å². The van der Waals surface area contributed by atoms with Crippen LogP contribution in [0.1, 0.15) is 12.5 Å². The predicted molar refractivity (Wildman–Crippen MR) is 85.7 cm³/mol. The lowest BCUT2D eigenvalue weighted by Gasteiger charge is -2.11. The van der Waals surface area contributed by atoms with Crippen LogP contribution < -0.4 is 4.90 Å². The summed E-state index contributed by atoms with van der Waals surface area (Å²) in [6, 6.07) is 9.37. The van der Waals surface area contributed by atoms with Gasteiger partial charge in [0.05, 0.1) is 24.8 Å². The van der Waals surface area contributed by atoms with Crippen LogP contribution in [0.2, 0.25) is 0 Å². The van der Waals surface area contributed by atoms with E-state index in [1.165, 1.54) is 6.08 Å². The van der Waals surface area contributed by atoms with Crippen molar-refractivity contribution >= 4 is 17.7 Å². The van der Waals surface area contributed by atoms with Gasteiger partial charge in [-0.1, -0.05) is 24.3 Å². The molecule has 0 aliphatic rings. The number of benzene rings is 1. The fourth-order valence-electron chi connectivity index (χ4n) is 1.66. The van der Waals surface area contributed by atoms with Crippen molar-refractivity contribution in [3.8, 4) is 6.07 Å². The van der Waals surface area contributed by atoms with Crippen molar-refractivity contribution < 1.29 is 9.53 Å². The molecule has 5 heteroatoms. The third kappa shape index (κ3) is 4.50. The Labute approximate surface area is 130 Å². The number of nitriles is 1. The highest BCUT2D eigenvalue weighted by Gasteiger charge is 2.14. The largest absolute Gasteiger partial charge is 0.463 e. The number of carbonyl (C=O) groups is 1. The van der Waals surface area contributed by atoms with E-state index in [9.17, 15) is 4.79 Å². The van der Waals surface area contributed by atoms with E-state index in [-0.39, 0.29) is 17.9 Å². The Morgan fingerprint density at radius 3 is 2.50 bits per heavy atom. The van der Waals surface area contributed by atoms with Crippen LogP contribution in [0.15, 0.2) is 41.6 Å². The van der Waals surface area contributed by atoms with Gasteiger partial charge in [-0.25, -0.2) is 14.9 Å². The predicted octanol–water partition coefficient (Wildman–Crippen LogP) is 3.03. The Balaban J connectivity index is 3.10. The van der Waals surface area contributed by atoms with Crippen LogP contribution >= 0.6 is 0 Å². The highest BCUT2D eigenvalue weighted by molar-refractivity contribution is 5.95. The van der Waals surface area contributed by atoms with Gasteiger partial charge in [-0.2, -0.15) is 0 Å². The first-order valence-corrected chi connectivity index (χ1v) is 6.67. The van der Waals surface area contributed by atoms with Crippen molar-refractivity contribution in [1.29, 1.82) is 5.26 Å². The molecule has 0 aliphatic carbocycles. The van der Waals surface area contributed by atoms with Gasteiger partial charge in [0.1, 0.15) is 0 Å². The van der Waals surface area contributed by atoms with E-state index in [0.29, 0.717) is 0 Å². The summed E-state index contributed by atoms with van der Waals surface area (Å²) in [6.45, 7) is 8.83. The van der Waals surface area contributed by atoms with Crippen LogP contribution in [-0.4, -0.2) is 26.7 Å². The summed E-state index contributed by atoms with van der Waals surface area (Å²) in [5, 5.41) is 8.94. The standard InChI is InChI=1S/C17H17N3O2/c1-5-22-17(21)15(16(12-18)19-2)11-8-13-6-9-14(10-7-13)20(3)4/h6-11H,5H2,1,3-4H3/b11-8+,16-15+. The highest BCUT2D eigenvalue weighted by Crippen LogP contribution is 2.16. The number of esters is 1. The van der Waals surface area contributed by atoms with Crippen molar-refractivity contribution in [1.82, 2.24) is 0 Å². The molecule has 22 heavy (non-hydrogen) atoms. The molecule has 0 saturated carbocycles. The van der Waals surface area contributed by atoms with E-state index in [0.717, 1.165) is 11.3 Å². The van der Waals surface area contributed by atoms with Gasteiger partial charge in [-0.3, -0.25) is 0 Å². The minimum absolute atomic E-state index is 0.0314. The summed E-state index contributed by atoms with van der Waals surface area (Å²) in [7, 11) is 3.89. The molecule has 112 valence electrons. The molecule has 0 spiro atoms. The molecule has 5 nitrogen and oxygen atoms in total. The second kappa shape index (κ2) is 8.28. The maximum atomic E-state index is 11.8. The molecule has 0 bridgehead atoms. The molecule has 0 saturated heterocycles. The van der Waals surface area contributed by atoms with Gasteiger partial charge in [0, 0.05) is 19.8 Å². The van der Waals surface area contributed by atoms with Crippen LogP contribution in [0.25, 0.3) is 10.9 Å². The Morgan fingerprint density at radius 2 is 2.05 bits per heavy atom. The van der Waals surface area contributed by atoms with Crippen LogP contribution in [0, 0.1) is 17.9 Å². The number of allylic oxidation sites excluding steroid dienone is 1. The first-order chi connectivity index (χ1) is 10.5. The lowest BCUT2D eigenvalue weighted by molar-refractivity contribution is -0.138. The lowest BCUT2D eigenvalue weighted by atomic mass is 10.1. The van der Waals surface area contributed by atoms with E-state index in [1.54, 1.807) is 19.1 Å². The molecule has 1 rings (SSSR count). The summed E-state index contributed by atoms with van der Waals surface area (Å²) < 4.78 is 4.88. The van der Waals surface area contributed by atoms with Crippen molar-refractivity contribution in [3.63, 3.8) is 0 Å². The minimum atomic E-state index is -0.670. The molecule has 0 aromatic heterocycles. The minimum Gasteiger partial charge on any atom is -0.463 e. The molecule has 0 aliphatic heterocycles. The molecular formula is C17H17N3O2. The lowest BCUT2D eigenvalue weighted by Crippen LogP contribution is -2.08. The van der Waals surface area contributed by atoms with Crippen molar-refractivity contribution in [2.45, 2.75) is 6.92 Å². The van der Waals surface area contributed by atoms with Gasteiger partial charge in [0.2, 0.25) is 0 Å². The van der Waals surface area contributed by atoms with Gasteiger partial charge in [-0.05, 0) is 24.6 Å². The molecule has 0 atom stereocenters. The van der Waals surface area contributed by atoms with Crippen LogP contribution in [0.4, 0.5) is 5.69 Å². The SMILES string of the molecule is [C-]#[N+]/C(C#N)=C(\C=C\c1ccc(N(C)C)cc1)C(=O)OCC. The van der Waals surface area contributed by atoms with Gasteiger partial charge in [0.25, 0.3) is 5.70 Å². The number of nitrogens with zero attached hydrogens (tertiary/aromatic N) is 3. The van der Waals surface area contributed by atoms with E-state index in [4.69, 9.17) is 16.6 Å². The molecule has 0 unspecified atom stereocenters. The quantitative estimate of drug-likeness (QED) is 0.275. The number of rotatable bonds is 5. The van der Waals surface area contributed by atoms with Crippen LogP contribution in [0.5, 0.6) is 0 Å². The van der Waals surface area contributed by atoms with E-state index in [2.05, 4.69) is 4.85 Å². The molecule has 0 heterocycles.